The average Bonchev–Trinajstić information content (AvgIpc) is 3.49. The van der Waals surface area contributed by atoms with Gasteiger partial charge >= 0.3 is 12.1 Å². The van der Waals surface area contributed by atoms with Crippen LogP contribution in [0.2, 0.25) is 0 Å². The number of ether oxygens (including phenoxy) is 1. The lowest BCUT2D eigenvalue weighted by Gasteiger charge is -2.19. The monoisotopic (exact) mass is 404 g/mol. The minimum Gasteiger partial charge on any atom is -0.476 e. The number of carboxylic acids is 1. The van der Waals surface area contributed by atoms with Gasteiger partial charge in [-0.1, -0.05) is 48.5 Å². The predicted molar refractivity (Wildman–Crippen MR) is 107 cm³/mol. The summed E-state index contributed by atoms with van der Waals surface area (Å²) in [5, 5.41) is 19.3. The van der Waals surface area contributed by atoms with E-state index in [1.165, 1.54) is 22.3 Å². The number of nitrogens with one attached hydrogen (secondary N) is 1. The SMILES string of the molecule is O=C(O)c1n[nH]nc1C1CCN(C(=O)OCC2c3ccccc3-c3ccccc32)C1. The van der Waals surface area contributed by atoms with E-state index < -0.39 is 5.97 Å². The molecule has 5 rings (SSSR count). The summed E-state index contributed by atoms with van der Waals surface area (Å²) in [5.74, 6) is -1.29. The molecule has 2 aromatic carbocycles. The van der Waals surface area contributed by atoms with Crippen LogP contribution >= 0.6 is 0 Å². The van der Waals surface area contributed by atoms with Crippen molar-refractivity contribution >= 4 is 12.1 Å². The molecule has 2 heterocycles. The van der Waals surface area contributed by atoms with Gasteiger partial charge < -0.3 is 14.7 Å². The van der Waals surface area contributed by atoms with Crippen molar-refractivity contribution in [1.29, 1.82) is 0 Å². The van der Waals surface area contributed by atoms with Crippen LogP contribution < -0.4 is 0 Å². The summed E-state index contributed by atoms with van der Waals surface area (Å²) < 4.78 is 5.69. The molecule has 8 nitrogen and oxygen atoms in total. The van der Waals surface area contributed by atoms with Crippen molar-refractivity contribution in [3.8, 4) is 11.1 Å². The fraction of sp³-hybridized carbons (Fsp3) is 0.273. The van der Waals surface area contributed by atoms with E-state index in [2.05, 4.69) is 39.7 Å². The van der Waals surface area contributed by atoms with Crippen molar-refractivity contribution in [3.63, 3.8) is 0 Å². The first-order valence-corrected chi connectivity index (χ1v) is 9.87. The third-order valence-corrected chi connectivity index (χ3v) is 5.95. The number of aromatic amines is 1. The maximum Gasteiger partial charge on any atom is 0.409 e. The highest BCUT2D eigenvalue weighted by Crippen LogP contribution is 2.44. The van der Waals surface area contributed by atoms with E-state index in [4.69, 9.17) is 4.74 Å². The molecule has 0 spiro atoms. The van der Waals surface area contributed by atoms with Gasteiger partial charge in [-0.05, 0) is 28.7 Å². The Morgan fingerprint density at radius 1 is 1.07 bits per heavy atom. The molecule has 1 atom stereocenters. The molecule has 1 unspecified atom stereocenters. The molecule has 30 heavy (non-hydrogen) atoms. The third-order valence-electron chi connectivity index (χ3n) is 5.95. The molecular formula is C22H20N4O4. The molecule has 152 valence electrons. The van der Waals surface area contributed by atoms with Crippen molar-refractivity contribution < 1.29 is 19.4 Å². The number of fused-ring (bicyclic) bond motifs is 3. The molecule has 1 aliphatic carbocycles. The normalized spacial score (nSPS) is 17.6. The topological polar surface area (TPSA) is 108 Å². The lowest BCUT2D eigenvalue weighted by Crippen LogP contribution is -2.30. The summed E-state index contributed by atoms with van der Waals surface area (Å²) in [4.78, 5) is 25.6. The number of aromatic carboxylic acids is 1. The number of hydrogen-bond donors (Lipinski definition) is 2. The van der Waals surface area contributed by atoms with E-state index in [1.54, 1.807) is 4.90 Å². The number of aromatic nitrogens is 3. The molecular weight excluding hydrogens is 384 g/mol. The third kappa shape index (κ3) is 3.01. The Kier molecular flexibility index (Phi) is 4.46. The van der Waals surface area contributed by atoms with E-state index >= 15 is 0 Å². The van der Waals surface area contributed by atoms with Crippen LogP contribution in [0.3, 0.4) is 0 Å². The molecule has 0 radical (unpaired) electrons. The van der Waals surface area contributed by atoms with Gasteiger partial charge in [0.2, 0.25) is 0 Å². The van der Waals surface area contributed by atoms with Gasteiger partial charge in [0.15, 0.2) is 5.69 Å². The van der Waals surface area contributed by atoms with Crippen LogP contribution in [-0.4, -0.2) is 57.2 Å². The number of H-pyrrole nitrogens is 1. The number of benzene rings is 2. The van der Waals surface area contributed by atoms with E-state index in [1.807, 2.05) is 24.3 Å². The van der Waals surface area contributed by atoms with Crippen molar-refractivity contribution in [2.45, 2.75) is 18.3 Å². The molecule has 0 bridgehead atoms. The smallest absolute Gasteiger partial charge is 0.409 e. The summed E-state index contributed by atoms with van der Waals surface area (Å²) in [6, 6.07) is 16.4. The number of carboxylic acid groups (broad SMARTS) is 1. The molecule has 2 N–H and O–H groups in total. The summed E-state index contributed by atoms with van der Waals surface area (Å²) >= 11 is 0. The van der Waals surface area contributed by atoms with Crippen molar-refractivity contribution in [2.24, 2.45) is 0 Å². The van der Waals surface area contributed by atoms with Gasteiger partial charge in [0.05, 0.1) is 0 Å². The average molecular weight is 404 g/mol. The fourth-order valence-electron chi connectivity index (χ4n) is 4.52. The Balaban J connectivity index is 1.27. The van der Waals surface area contributed by atoms with Gasteiger partial charge in [0, 0.05) is 24.9 Å². The second kappa shape index (κ2) is 7.29. The Labute approximate surface area is 172 Å². The quantitative estimate of drug-likeness (QED) is 0.691. The standard InChI is InChI=1S/C22H20N4O4/c27-21(28)20-19(23-25-24-20)13-9-10-26(11-13)22(29)30-12-18-16-7-3-1-5-14(16)15-6-2-4-8-17(15)18/h1-8,13,18H,9-12H2,(H,27,28)(H,23,24,25). The zero-order chi connectivity index (χ0) is 20.7. The molecule has 1 fully saturated rings. The summed E-state index contributed by atoms with van der Waals surface area (Å²) in [6.07, 6.45) is 0.233. The number of hydrogen-bond acceptors (Lipinski definition) is 5. The van der Waals surface area contributed by atoms with E-state index in [0.717, 1.165) is 0 Å². The molecule has 1 amide bonds. The lowest BCUT2D eigenvalue weighted by molar-refractivity contribution is 0.0688. The van der Waals surface area contributed by atoms with Gasteiger partial charge in [0.1, 0.15) is 12.3 Å². The molecule has 8 heteroatoms. The zero-order valence-corrected chi connectivity index (χ0v) is 16.1. The summed E-state index contributed by atoms with van der Waals surface area (Å²) in [6.45, 7) is 1.12. The largest absolute Gasteiger partial charge is 0.476 e. The highest BCUT2D eigenvalue weighted by atomic mass is 16.6. The molecule has 1 aromatic heterocycles. The van der Waals surface area contributed by atoms with E-state index in [9.17, 15) is 14.7 Å². The van der Waals surface area contributed by atoms with Gasteiger partial charge in [-0.2, -0.15) is 10.3 Å². The second-order valence-corrected chi connectivity index (χ2v) is 7.60. The molecule has 0 saturated carbocycles. The van der Waals surface area contributed by atoms with Crippen molar-refractivity contribution in [1.82, 2.24) is 20.3 Å². The first kappa shape index (κ1) is 18.4. The van der Waals surface area contributed by atoms with Gasteiger partial charge in [0.25, 0.3) is 0 Å². The number of amides is 1. The van der Waals surface area contributed by atoms with E-state index in [0.29, 0.717) is 25.2 Å². The van der Waals surface area contributed by atoms with Gasteiger partial charge in [-0.25, -0.2) is 9.59 Å². The van der Waals surface area contributed by atoms with Gasteiger partial charge in [-0.15, -0.1) is 5.10 Å². The Morgan fingerprint density at radius 3 is 2.40 bits per heavy atom. The molecule has 2 aliphatic rings. The van der Waals surface area contributed by atoms with Crippen molar-refractivity contribution in [2.75, 3.05) is 19.7 Å². The number of rotatable bonds is 4. The first-order valence-electron chi connectivity index (χ1n) is 9.87. The number of likely N-dealkylation sites (tertiary alicyclic amines) is 1. The van der Waals surface area contributed by atoms with Crippen LogP contribution in [0.25, 0.3) is 11.1 Å². The highest BCUT2D eigenvalue weighted by Gasteiger charge is 2.34. The summed E-state index contributed by atoms with van der Waals surface area (Å²) in [7, 11) is 0. The minimum absolute atomic E-state index is 0.00824. The van der Waals surface area contributed by atoms with Crippen LogP contribution in [0.1, 0.15) is 45.6 Å². The molecule has 1 saturated heterocycles. The number of carbonyl (C=O) groups excluding carboxylic acids is 1. The lowest BCUT2D eigenvalue weighted by atomic mass is 9.98. The predicted octanol–water partition coefficient (Wildman–Crippen LogP) is 3.24. The second-order valence-electron chi connectivity index (χ2n) is 7.60. The van der Waals surface area contributed by atoms with Crippen LogP contribution in [-0.2, 0) is 4.74 Å². The van der Waals surface area contributed by atoms with Crippen LogP contribution in [0.15, 0.2) is 48.5 Å². The Hall–Kier alpha value is -3.68. The van der Waals surface area contributed by atoms with Crippen LogP contribution in [0.5, 0.6) is 0 Å². The maximum absolute atomic E-state index is 12.7. The number of nitrogens with zero attached hydrogens (tertiary/aromatic N) is 3. The molecule has 3 aromatic rings. The maximum atomic E-state index is 12.7. The van der Waals surface area contributed by atoms with Crippen LogP contribution in [0.4, 0.5) is 4.79 Å². The van der Waals surface area contributed by atoms with Gasteiger partial charge in [-0.3, -0.25) is 0 Å². The Morgan fingerprint density at radius 2 is 1.73 bits per heavy atom. The number of carbonyl (C=O) groups is 2. The van der Waals surface area contributed by atoms with E-state index in [-0.39, 0.29) is 30.2 Å². The highest BCUT2D eigenvalue weighted by molar-refractivity contribution is 5.86. The Bertz CT molecular complexity index is 1080. The first-order chi connectivity index (χ1) is 14.6. The fourth-order valence-corrected chi connectivity index (χ4v) is 4.52. The zero-order valence-electron chi connectivity index (χ0n) is 16.1. The van der Waals surface area contributed by atoms with Crippen LogP contribution in [0, 0.1) is 0 Å². The summed E-state index contributed by atoms with van der Waals surface area (Å²) in [5.41, 5.74) is 5.00. The minimum atomic E-state index is -1.13. The van der Waals surface area contributed by atoms with Crippen molar-refractivity contribution in [3.05, 3.63) is 71.0 Å². The molecule has 1 aliphatic heterocycles.